The fourth-order valence-electron chi connectivity index (χ4n) is 3.93. The van der Waals surface area contributed by atoms with Gasteiger partial charge in [0.25, 0.3) is 5.56 Å². The SMILES string of the molecule is Cn1c(=O)c(CC2=C(C(F)(F)F)C(CCC(=O)O)NC=C2)c(C(F)(F)F)c2ccccc21. The van der Waals surface area contributed by atoms with Crippen LogP contribution in [-0.4, -0.2) is 27.9 Å². The van der Waals surface area contributed by atoms with Gasteiger partial charge < -0.3 is 15.0 Å². The number of rotatable bonds is 5. The van der Waals surface area contributed by atoms with Gasteiger partial charge in [-0.05, 0) is 30.3 Å². The van der Waals surface area contributed by atoms with Gasteiger partial charge in [-0.3, -0.25) is 9.59 Å². The number of aryl methyl sites for hydroxylation is 1. The lowest BCUT2D eigenvalue weighted by atomic mass is 9.88. The van der Waals surface area contributed by atoms with E-state index in [0.29, 0.717) is 0 Å². The zero-order valence-corrected chi connectivity index (χ0v) is 16.6. The molecule has 1 aromatic heterocycles. The Kier molecular flexibility index (Phi) is 6.12. The molecule has 32 heavy (non-hydrogen) atoms. The molecule has 0 aliphatic carbocycles. The molecule has 3 rings (SSSR count). The Hall–Kier alpha value is -3.24. The summed E-state index contributed by atoms with van der Waals surface area (Å²) in [6.07, 6.45) is -9.77. The monoisotopic (exact) mass is 460 g/mol. The van der Waals surface area contributed by atoms with Gasteiger partial charge in [-0.15, -0.1) is 0 Å². The van der Waals surface area contributed by atoms with Gasteiger partial charge in [-0.1, -0.05) is 18.2 Å². The van der Waals surface area contributed by atoms with Crippen LogP contribution < -0.4 is 10.9 Å². The molecule has 1 aliphatic heterocycles. The smallest absolute Gasteiger partial charge is 0.417 e. The Morgan fingerprint density at radius 3 is 2.38 bits per heavy atom. The first kappa shape index (κ1) is 23.4. The van der Waals surface area contributed by atoms with E-state index in [0.717, 1.165) is 22.9 Å². The van der Waals surface area contributed by atoms with Crippen molar-refractivity contribution in [3.05, 3.63) is 69.2 Å². The highest BCUT2D eigenvalue weighted by molar-refractivity contribution is 5.84. The van der Waals surface area contributed by atoms with Crippen molar-refractivity contribution >= 4 is 16.9 Å². The molecule has 5 nitrogen and oxygen atoms in total. The number of fused-ring (bicyclic) bond motifs is 1. The van der Waals surface area contributed by atoms with Crippen LogP contribution in [0.25, 0.3) is 10.9 Å². The number of pyridine rings is 1. The molecule has 0 saturated heterocycles. The first-order valence-corrected chi connectivity index (χ1v) is 9.44. The second kappa shape index (κ2) is 8.36. The lowest BCUT2D eigenvalue weighted by molar-refractivity contribution is -0.138. The molecule has 2 aromatic rings. The molecule has 0 fully saturated rings. The van der Waals surface area contributed by atoms with Gasteiger partial charge >= 0.3 is 18.3 Å². The van der Waals surface area contributed by atoms with E-state index in [2.05, 4.69) is 5.32 Å². The molecule has 0 spiro atoms. The molecular formula is C21H18F6N2O3. The Balaban J connectivity index is 2.25. The van der Waals surface area contributed by atoms with Crippen LogP contribution in [0, 0.1) is 0 Å². The maximum absolute atomic E-state index is 14.0. The third-order valence-corrected chi connectivity index (χ3v) is 5.28. The molecule has 0 bridgehead atoms. The third-order valence-electron chi connectivity index (χ3n) is 5.28. The van der Waals surface area contributed by atoms with Crippen LogP contribution in [0.2, 0.25) is 0 Å². The summed E-state index contributed by atoms with van der Waals surface area (Å²) in [6.45, 7) is 0. The summed E-state index contributed by atoms with van der Waals surface area (Å²) in [5, 5.41) is 10.9. The van der Waals surface area contributed by atoms with Crippen molar-refractivity contribution in [3.63, 3.8) is 0 Å². The van der Waals surface area contributed by atoms with Crippen molar-refractivity contribution < 1.29 is 36.2 Å². The third kappa shape index (κ3) is 4.51. The van der Waals surface area contributed by atoms with Gasteiger partial charge in [0, 0.05) is 30.8 Å². The van der Waals surface area contributed by atoms with E-state index in [4.69, 9.17) is 5.11 Å². The molecule has 0 radical (unpaired) electrons. The Morgan fingerprint density at radius 2 is 1.78 bits per heavy atom. The minimum atomic E-state index is -4.99. The maximum atomic E-state index is 14.0. The zero-order valence-electron chi connectivity index (χ0n) is 16.6. The molecule has 172 valence electrons. The van der Waals surface area contributed by atoms with Gasteiger partial charge in [-0.2, -0.15) is 26.3 Å². The molecule has 0 saturated carbocycles. The molecule has 2 N–H and O–H groups in total. The molecule has 1 aliphatic rings. The summed E-state index contributed by atoms with van der Waals surface area (Å²) in [5.41, 5.74) is -4.86. The summed E-state index contributed by atoms with van der Waals surface area (Å²) in [4.78, 5) is 23.6. The van der Waals surface area contributed by atoms with E-state index >= 15 is 0 Å². The van der Waals surface area contributed by atoms with Crippen molar-refractivity contribution in [2.45, 2.75) is 37.7 Å². The summed E-state index contributed by atoms with van der Waals surface area (Å²) in [5.74, 6) is -1.31. The number of para-hydroxylation sites is 1. The summed E-state index contributed by atoms with van der Waals surface area (Å²) in [7, 11) is 1.25. The Labute approximate surface area is 177 Å². The standard InChI is InChI=1S/C21H18F6N2O3/c1-29-15-5-3-2-4-12(15)18(21(25,26)27)13(19(29)32)10-11-8-9-28-14(6-7-16(30)31)17(11)20(22,23)24/h2-5,8-9,14,28H,6-7,10H2,1H3,(H,30,31). The maximum Gasteiger partial charge on any atom is 0.417 e. The largest absolute Gasteiger partial charge is 0.481 e. The van der Waals surface area contributed by atoms with Crippen molar-refractivity contribution in [1.82, 2.24) is 9.88 Å². The number of nitrogens with one attached hydrogen (secondary N) is 1. The van der Waals surface area contributed by atoms with Gasteiger partial charge in [0.1, 0.15) is 0 Å². The van der Waals surface area contributed by atoms with Crippen molar-refractivity contribution in [1.29, 1.82) is 0 Å². The number of hydrogen-bond acceptors (Lipinski definition) is 3. The predicted molar refractivity (Wildman–Crippen MR) is 104 cm³/mol. The van der Waals surface area contributed by atoms with Crippen LogP contribution in [0.15, 0.2) is 52.5 Å². The first-order valence-electron chi connectivity index (χ1n) is 9.44. The van der Waals surface area contributed by atoms with Gasteiger partial charge in [0.15, 0.2) is 0 Å². The van der Waals surface area contributed by atoms with Crippen molar-refractivity contribution in [2.24, 2.45) is 7.05 Å². The highest BCUT2D eigenvalue weighted by atomic mass is 19.4. The predicted octanol–water partition coefficient (Wildman–Crippen LogP) is 4.31. The van der Waals surface area contributed by atoms with Gasteiger partial charge in [-0.25, -0.2) is 0 Å². The average molecular weight is 460 g/mol. The number of carbonyl (C=O) groups is 1. The number of benzene rings is 1. The first-order chi connectivity index (χ1) is 14.8. The van der Waals surface area contributed by atoms with Crippen LogP contribution in [0.4, 0.5) is 26.3 Å². The normalized spacial score (nSPS) is 17.0. The number of aliphatic carboxylic acids is 1. The fourth-order valence-corrected chi connectivity index (χ4v) is 3.93. The molecule has 1 unspecified atom stereocenters. The van der Waals surface area contributed by atoms with Gasteiger partial charge in [0.05, 0.1) is 22.7 Å². The molecule has 11 heteroatoms. The summed E-state index contributed by atoms with van der Waals surface area (Å²) < 4.78 is 84.5. The molecule has 1 atom stereocenters. The second-order valence-corrected chi connectivity index (χ2v) is 7.33. The van der Waals surface area contributed by atoms with E-state index in [1.807, 2.05) is 0 Å². The number of aromatic nitrogens is 1. The second-order valence-electron chi connectivity index (χ2n) is 7.33. The lowest BCUT2D eigenvalue weighted by Crippen LogP contribution is -2.38. The fraction of sp³-hybridized carbons (Fsp3) is 0.333. The molecule has 2 heterocycles. The average Bonchev–Trinajstić information content (AvgIpc) is 2.68. The van der Waals surface area contributed by atoms with E-state index in [-0.39, 0.29) is 10.9 Å². The lowest BCUT2D eigenvalue weighted by Gasteiger charge is -2.29. The topological polar surface area (TPSA) is 71.3 Å². The Bertz CT molecular complexity index is 1170. The molecule has 1 aromatic carbocycles. The molecule has 0 amide bonds. The summed E-state index contributed by atoms with van der Waals surface area (Å²) in [6, 6.07) is 3.81. The van der Waals surface area contributed by atoms with Crippen LogP contribution in [-0.2, 0) is 24.4 Å². The minimum absolute atomic E-state index is 0.00112. The minimum Gasteiger partial charge on any atom is -0.481 e. The van der Waals surface area contributed by atoms with E-state index < -0.39 is 71.5 Å². The van der Waals surface area contributed by atoms with E-state index in [1.54, 1.807) is 0 Å². The number of alkyl halides is 6. The number of allylic oxidation sites excluding steroid dienone is 2. The van der Waals surface area contributed by atoms with E-state index in [9.17, 15) is 35.9 Å². The van der Waals surface area contributed by atoms with Crippen LogP contribution in [0.3, 0.4) is 0 Å². The number of halogens is 6. The number of dihydropyridines is 1. The van der Waals surface area contributed by atoms with Crippen LogP contribution in [0.1, 0.15) is 24.0 Å². The number of nitrogens with zero attached hydrogens (tertiary/aromatic N) is 1. The van der Waals surface area contributed by atoms with Crippen molar-refractivity contribution in [2.75, 3.05) is 0 Å². The van der Waals surface area contributed by atoms with Crippen LogP contribution in [0.5, 0.6) is 0 Å². The molecular weight excluding hydrogens is 442 g/mol. The number of carboxylic acids is 1. The zero-order chi connectivity index (χ0) is 23.8. The van der Waals surface area contributed by atoms with Gasteiger partial charge in [0.2, 0.25) is 0 Å². The highest BCUT2D eigenvalue weighted by Gasteiger charge is 2.43. The van der Waals surface area contributed by atoms with E-state index in [1.165, 1.54) is 25.2 Å². The highest BCUT2D eigenvalue weighted by Crippen LogP contribution is 2.39. The Morgan fingerprint density at radius 1 is 1.12 bits per heavy atom. The number of hydrogen-bond donors (Lipinski definition) is 2. The van der Waals surface area contributed by atoms with Crippen molar-refractivity contribution in [3.8, 4) is 0 Å². The summed E-state index contributed by atoms with van der Waals surface area (Å²) >= 11 is 0. The van der Waals surface area contributed by atoms with Crippen LogP contribution >= 0.6 is 0 Å². The quantitative estimate of drug-likeness (QED) is 0.653. The number of carboxylic acid groups (broad SMARTS) is 1.